The minimum Gasteiger partial charge on any atom is -0.352 e. The van der Waals surface area contributed by atoms with Crippen molar-refractivity contribution < 1.29 is 0 Å². The van der Waals surface area contributed by atoms with E-state index in [0.29, 0.717) is 28.4 Å². The summed E-state index contributed by atoms with van der Waals surface area (Å²) in [5.41, 5.74) is 3.67. The van der Waals surface area contributed by atoms with Gasteiger partial charge in [-0.3, -0.25) is 9.36 Å². The monoisotopic (exact) mass is 418 g/mol. The van der Waals surface area contributed by atoms with Gasteiger partial charge in [-0.2, -0.15) is 4.98 Å². The van der Waals surface area contributed by atoms with Crippen LogP contribution in [0.4, 0.5) is 5.95 Å². The number of anilines is 1. The fourth-order valence-corrected chi connectivity index (χ4v) is 4.19. The molecule has 9 nitrogen and oxygen atoms in total. The third-order valence-corrected chi connectivity index (χ3v) is 5.64. The van der Waals surface area contributed by atoms with Crippen LogP contribution in [0.1, 0.15) is 38.4 Å². The van der Waals surface area contributed by atoms with Crippen LogP contribution in [0.5, 0.6) is 0 Å². The van der Waals surface area contributed by atoms with Crippen molar-refractivity contribution >= 4 is 28.1 Å². The topological polar surface area (TPSA) is 113 Å². The molecule has 3 N–H and O–H groups in total. The van der Waals surface area contributed by atoms with Crippen LogP contribution in [0.3, 0.4) is 0 Å². The van der Waals surface area contributed by atoms with Crippen molar-refractivity contribution in [1.29, 1.82) is 0 Å². The maximum atomic E-state index is 13.8. The van der Waals surface area contributed by atoms with Crippen LogP contribution in [0.15, 0.2) is 29.3 Å². The first-order valence-corrected chi connectivity index (χ1v) is 10.7. The van der Waals surface area contributed by atoms with Gasteiger partial charge in [0.05, 0.1) is 11.7 Å². The van der Waals surface area contributed by atoms with Crippen molar-refractivity contribution in [2.45, 2.75) is 45.7 Å². The van der Waals surface area contributed by atoms with Gasteiger partial charge in [0.25, 0.3) is 5.56 Å². The number of hydrogen-bond acceptors (Lipinski definition) is 7. The molecule has 160 valence electrons. The van der Waals surface area contributed by atoms with E-state index in [1.54, 1.807) is 6.20 Å². The number of aromatic amines is 1. The largest absolute Gasteiger partial charge is 0.352 e. The SMILES string of the molecule is Cc1nc(NC(C)C)nc2c1nc(-c1cnc3[nH]ccc3c1)c(=O)n2[C@H]1CCCNC1. The normalized spacial score (nSPS) is 17.0. The van der Waals surface area contributed by atoms with E-state index in [1.807, 2.05) is 43.7 Å². The Labute approximate surface area is 179 Å². The minimum absolute atomic E-state index is 0.00986. The molecule has 0 spiro atoms. The van der Waals surface area contributed by atoms with E-state index in [2.05, 4.69) is 25.6 Å². The Morgan fingerprint density at radius 1 is 1.26 bits per heavy atom. The van der Waals surface area contributed by atoms with Crippen LogP contribution < -0.4 is 16.2 Å². The molecule has 1 aliphatic rings. The summed E-state index contributed by atoms with van der Waals surface area (Å²) in [5.74, 6) is 0.516. The van der Waals surface area contributed by atoms with Gasteiger partial charge in [0.2, 0.25) is 5.95 Å². The molecule has 1 fully saturated rings. The zero-order chi connectivity index (χ0) is 21.5. The summed E-state index contributed by atoms with van der Waals surface area (Å²) in [4.78, 5) is 35.4. The van der Waals surface area contributed by atoms with Gasteiger partial charge in [0.15, 0.2) is 5.65 Å². The smallest absolute Gasteiger partial charge is 0.279 e. The molecule has 1 aliphatic heterocycles. The number of hydrogen-bond donors (Lipinski definition) is 3. The molecule has 0 radical (unpaired) electrons. The fourth-order valence-electron chi connectivity index (χ4n) is 4.19. The number of aromatic nitrogens is 6. The molecule has 4 aromatic rings. The number of pyridine rings is 1. The molecule has 1 saturated heterocycles. The predicted octanol–water partition coefficient (Wildman–Crippen LogP) is 2.78. The Bertz CT molecular complexity index is 1320. The highest BCUT2D eigenvalue weighted by Crippen LogP contribution is 2.25. The van der Waals surface area contributed by atoms with Crippen LogP contribution in [0, 0.1) is 6.92 Å². The van der Waals surface area contributed by atoms with Crippen LogP contribution in [0.25, 0.3) is 33.5 Å². The number of aryl methyl sites for hydroxylation is 1. The summed E-state index contributed by atoms with van der Waals surface area (Å²) in [5, 5.41) is 7.61. The Balaban J connectivity index is 1.78. The summed E-state index contributed by atoms with van der Waals surface area (Å²) >= 11 is 0. The fraction of sp³-hybridized carbons (Fsp3) is 0.409. The molecular weight excluding hydrogens is 392 g/mol. The number of piperidine rings is 1. The molecule has 0 bridgehead atoms. The van der Waals surface area contributed by atoms with E-state index in [1.165, 1.54) is 0 Å². The average molecular weight is 419 g/mol. The second-order valence-corrected chi connectivity index (χ2v) is 8.38. The molecule has 31 heavy (non-hydrogen) atoms. The summed E-state index contributed by atoms with van der Waals surface area (Å²) in [6.45, 7) is 7.67. The van der Waals surface area contributed by atoms with E-state index in [9.17, 15) is 4.79 Å². The summed E-state index contributed by atoms with van der Waals surface area (Å²) < 4.78 is 1.81. The van der Waals surface area contributed by atoms with E-state index in [-0.39, 0.29) is 17.6 Å². The third kappa shape index (κ3) is 3.54. The second kappa shape index (κ2) is 7.73. The molecule has 0 saturated carbocycles. The van der Waals surface area contributed by atoms with Gasteiger partial charge in [-0.15, -0.1) is 0 Å². The summed E-state index contributed by atoms with van der Waals surface area (Å²) in [7, 11) is 0. The first-order valence-electron chi connectivity index (χ1n) is 10.7. The van der Waals surface area contributed by atoms with Crippen molar-refractivity contribution in [3.8, 4) is 11.3 Å². The number of H-pyrrole nitrogens is 1. The summed E-state index contributed by atoms with van der Waals surface area (Å²) in [6, 6.07) is 4.08. The number of nitrogens with zero attached hydrogens (tertiary/aromatic N) is 5. The van der Waals surface area contributed by atoms with Gasteiger partial charge in [0, 0.05) is 35.9 Å². The van der Waals surface area contributed by atoms with E-state index < -0.39 is 0 Å². The predicted molar refractivity (Wildman–Crippen MR) is 121 cm³/mol. The highest BCUT2D eigenvalue weighted by Gasteiger charge is 2.24. The molecule has 0 aromatic carbocycles. The quantitative estimate of drug-likeness (QED) is 0.467. The number of nitrogens with one attached hydrogen (secondary N) is 3. The second-order valence-electron chi connectivity index (χ2n) is 8.38. The van der Waals surface area contributed by atoms with Gasteiger partial charge in [-0.25, -0.2) is 15.0 Å². The summed E-state index contributed by atoms with van der Waals surface area (Å²) in [6.07, 6.45) is 5.45. The van der Waals surface area contributed by atoms with Crippen molar-refractivity contribution in [2.75, 3.05) is 18.4 Å². The standard InChI is InChI=1S/C22H26N8O/c1-12(2)26-22-27-13(3)17-20(29-22)30(16-5-4-7-23-11-16)21(31)18(28-17)15-9-14-6-8-24-19(14)25-10-15/h6,8-10,12,16,23H,4-5,7,11H2,1-3H3,(H,24,25)(H,26,27,29)/t16-/m0/s1. The van der Waals surface area contributed by atoms with E-state index in [0.717, 1.165) is 42.7 Å². The highest BCUT2D eigenvalue weighted by atomic mass is 16.1. The van der Waals surface area contributed by atoms with Gasteiger partial charge >= 0.3 is 0 Å². The Kier molecular flexibility index (Phi) is 4.90. The highest BCUT2D eigenvalue weighted by molar-refractivity contribution is 5.82. The lowest BCUT2D eigenvalue weighted by Gasteiger charge is -2.26. The minimum atomic E-state index is -0.147. The zero-order valence-corrected chi connectivity index (χ0v) is 17.9. The first-order chi connectivity index (χ1) is 15.0. The molecule has 4 aromatic heterocycles. The van der Waals surface area contributed by atoms with Gasteiger partial charge in [-0.1, -0.05) is 0 Å². The Hall–Kier alpha value is -3.33. The van der Waals surface area contributed by atoms with Crippen molar-refractivity contribution in [3.63, 3.8) is 0 Å². The maximum Gasteiger partial charge on any atom is 0.279 e. The molecule has 0 amide bonds. The third-order valence-electron chi connectivity index (χ3n) is 5.64. The van der Waals surface area contributed by atoms with Gasteiger partial charge < -0.3 is 15.6 Å². The van der Waals surface area contributed by atoms with Crippen molar-refractivity contribution in [1.82, 2.24) is 34.8 Å². The Morgan fingerprint density at radius 2 is 2.13 bits per heavy atom. The first kappa shape index (κ1) is 19.6. The number of rotatable bonds is 4. The zero-order valence-electron chi connectivity index (χ0n) is 17.9. The molecular formula is C22H26N8O. The lowest BCUT2D eigenvalue weighted by Crippen LogP contribution is -2.38. The van der Waals surface area contributed by atoms with Crippen molar-refractivity contribution in [2.24, 2.45) is 0 Å². The molecule has 0 aliphatic carbocycles. The van der Waals surface area contributed by atoms with E-state index >= 15 is 0 Å². The molecule has 1 atom stereocenters. The Morgan fingerprint density at radius 3 is 2.90 bits per heavy atom. The van der Waals surface area contributed by atoms with Crippen molar-refractivity contribution in [3.05, 3.63) is 40.6 Å². The van der Waals surface area contributed by atoms with Crippen LogP contribution >= 0.6 is 0 Å². The van der Waals surface area contributed by atoms with Crippen LogP contribution in [-0.4, -0.2) is 48.6 Å². The van der Waals surface area contributed by atoms with Gasteiger partial charge in [-0.05, 0) is 52.3 Å². The molecule has 9 heteroatoms. The lowest BCUT2D eigenvalue weighted by atomic mass is 10.1. The number of fused-ring (bicyclic) bond motifs is 2. The average Bonchev–Trinajstić information content (AvgIpc) is 3.21. The molecule has 5 rings (SSSR count). The van der Waals surface area contributed by atoms with E-state index in [4.69, 9.17) is 9.97 Å². The van der Waals surface area contributed by atoms with Crippen LogP contribution in [-0.2, 0) is 0 Å². The van der Waals surface area contributed by atoms with Crippen LogP contribution in [0.2, 0.25) is 0 Å². The van der Waals surface area contributed by atoms with Gasteiger partial charge in [0.1, 0.15) is 16.9 Å². The molecule has 5 heterocycles. The maximum absolute atomic E-state index is 13.8. The lowest BCUT2D eigenvalue weighted by molar-refractivity contribution is 0.370. The molecule has 0 unspecified atom stereocenters.